The molecule has 1 aliphatic heterocycles. The van der Waals surface area contributed by atoms with Crippen LogP contribution >= 0.6 is 0 Å². The van der Waals surface area contributed by atoms with Gasteiger partial charge in [-0.2, -0.15) is 14.9 Å². The molecular weight excluding hydrogens is 384 g/mol. The summed E-state index contributed by atoms with van der Waals surface area (Å²) >= 11 is 0. The fourth-order valence-corrected chi connectivity index (χ4v) is 3.77. The zero-order valence-electron chi connectivity index (χ0n) is 16.5. The average molecular weight is 404 g/mol. The number of nitrogens with zero attached hydrogens (tertiary/aromatic N) is 9. The number of hydrogen-bond donors (Lipinski definition) is 1. The summed E-state index contributed by atoms with van der Waals surface area (Å²) in [5.41, 5.74) is 1.34. The predicted octanol–water partition coefficient (Wildman–Crippen LogP) is 1.50. The van der Waals surface area contributed by atoms with E-state index in [1.54, 1.807) is 6.07 Å². The molecule has 11 heteroatoms. The van der Waals surface area contributed by atoms with Gasteiger partial charge in [-0.25, -0.2) is 9.67 Å². The van der Waals surface area contributed by atoms with Crippen LogP contribution in [0.3, 0.4) is 0 Å². The minimum Gasteiger partial charge on any atom is -0.325 e. The standard InChI is InChI=1S/C19H20N10O/c1-12(2)16-18-21-17(13-6-4-3-5-7-13)24-28(18)9-8-27(16)19(30)14-10-15(23-22-14)29-11-20-25-26-29/h3-7,10-12,16H,8-9H2,1-2H3,(H,22,23)/t16-/m0/s1. The Morgan fingerprint density at radius 2 is 2.03 bits per heavy atom. The van der Waals surface area contributed by atoms with Gasteiger partial charge in [0, 0.05) is 18.2 Å². The van der Waals surface area contributed by atoms with Gasteiger partial charge in [0.2, 0.25) is 0 Å². The Morgan fingerprint density at radius 1 is 1.20 bits per heavy atom. The van der Waals surface area contributed by atoms with Crippen molar-refractivity contribution >= 4 is 5.91 Å². The molecule has 4 aromatic rings. The lowest BCUT2D eigenvalue weighted by Gasteiger charge is -2.37. The summed E-state index contributed by atoms with van der Waals surface area (Å²) in [6.07, 6.45) is 1.43. The first-order valence-electron chi connectivity index (χ1n) is 9.71. The van der Waals surface area contributed by atoms with Crippen molar-refractivity contribution in [3.63, 3.8) is 0 Å². The highest BCUT2D eigenvalue weighted by Crippen LogP contribution is 2.33. The first-order valence-corrected chi connectivity index (χ1v) is 9.71. The molecule has 1 aliphatic rings. The molecule has 0 bridgehead atoms. The molecule has 5 rings (SSSR count). The van der Waals surface area contributed by atoms with E-state index in [0.717, 1.165) is 11.4 Å². The van der Waals surface area contributed by atoms with E-state index in [-0.39, 0.29) is 17.9 Å². The number of benzene rings is 1. The lowest BCUT2D eigenvalue weighted by atomic mass is 9.99. The van der Waals surface area contributed by atoms with Gasteiger partial charge in [0.05, 0.1) is 12.6 Å². The second-order valence-corrected chi connectivity index (χ2v) is 7.46. The van der Waals surface area contributed by atoms with Gasteiger partial charge in [0.25, 0.3) is 5.91 Å². The number of fused-ring (bicyclic) bond motifs is 1. The van der Waals surface area contributed by atoms with Gasteiger partial charge in [-0.05, 0) is 16.3 Å². The van der Waals surface area contributed by atoms with E-state index < -0.39 is 0 Å². The van der Waals surface area contributed by atoms with E-state index in [4.69, 9.17) is 4.98 Å². The zero-order chi connectivity index (χ0) is 20.7. The van der Waals surface area contributed by atoms with Crippen LogP contribution in [0.4, 0.5) is 0 Å². The number of nitrogens with one attached hydrogen (secondary N) is 1. The van der Waals surface area contributed by atoms with E-state index in [1.165, 1.54) is 11.0 Å². The van der Waals surface area contributed by atoms with E-state index >= 15 is 0 Å². The van der Waals surface area contributed by atoms with Crippen LogP contribution in [0.1, 0.15) is 36.2 Å². The number of carbonyl (C=O) groups excluding carboxylic acids is 1. The van der Waals surface area contributed by atoms with Crippen LogP contribution in [0, 0.1) is 5.92 Å². The van der Waals surface area contributed by atoms with Crippen molar-refractivity contribution in [2.24, 2.45) is 5.92 Å². The molecule has 1 amide bonds. The number of aromatic amines is 1. The molecule has 0 saturated heterocycles. The number of aromatic nitrogens is 9. The van der Waals surface area contributed by atoms with Gasteiger partial charge < -0.3 is 4.90 Å². The molecule has 4 heterocycles. The Hall–Kier alpha value is -3.89. The minimum atomic E-state index is -0.198. The fourth-order valence-electron chi connectivity index (χ4n) is 3.77. The summed E-state index contributed by atoms with van der Waals surface area (Å²) in [5, 5.41) is 22.6. The second kappa shape index (κ2) is 7.17. The van der Waals surface area contributed by atoms with E-state index in [1.807, 2.05) is 39.9 Å². The average Bonchev–Trinajstić information content (AvgIpc) is 3.52. The summed E-state index contributed by atoms with van der Waals surface area (Å²) in [4.78, 5) is 20.0. The third kappa shape index (κ3) is 3.04. The maximum Gasteiger partial charge on any atom is 0.272 e. The Balaban J connectivity index is 1.47. The van der Waals surface area contributed by atoms with Gasteiger partial charge in [-0.15, -0.1) is 5.10 Å². The lowest BCUT2D eigenvalue weighted by molar-refractivity contribution is 0.0531. The number of amides is 1. The second-order valence-electron chi connectivity index (χ2n) is 7.46. The fraction of sp³-hybridized carbons (Fsp3) is 0.316. The van der Waals surface area contributed by atoms with E-state index in [9.17, 15) is 4.79 Å². The largest absolute Gasteiger partial charge is 0.325 e. The van der Waals surface area contributed by atoms with Crippen LogP contribution in [0.2, 0.25) is 0 Å². The summed E-state index contributed by atoms with van der Waals surface area (Å²) < 4.78 is 3.31. The zero-order valence-corrected chi connectivity index (χ0v) is 16.5. The normalized spacial score (nSPS) is 16.1. The highest BCUT2D eigenvalue weighted by Gasteiger charge is 2.37. The summed E-state index contributed by atoms with van der Waals surface area (Å²) in [7, 11) is 0. The molecule has 11 nitrogen and oxygen atoms in total. The van der Waals surface area contributed by atoms with E-state index in [2.05, 4.69) is 44.7 Å². The molecule has 0 radical (unpaired) electrons. The van der Waals surface area contributed by atoms with Crippen molar-refractivity contribution in [3.8, 4) is 17.2 Å². The molecule has 1 atom stereocenters. The SMILES string of the molecule is CC(C)[C@H]1c2nc(-c3ccccc3)nn2CCN1C(=O)c1cc(-n2cnnn2)n[nH]1. The molecule has 30 heavy (non-hydrogen) atoms. The topological polar surface area (TPSA) is 123 Å². The van der Waals surface area contributed by atoms with Crippen LogP contribution in [-0.2, 0) is 6.54 Å². The van der Waals surface area contributed by atoms with Crippen LogP contribution in [0.25, 0.3) is 17.2 Å². The number of carbonyl (C=O) groups is 1. The van der Waals surface area contributed by atoms with Gasteiger partial charge >= 0.3 is 0 Å². The van der Waals surface area contributed by atoms with Crippen molar-refractivity contribution in [3.05, 3.63) is 54.2 Å². The monoisotopic (exact) mass is 404 g/mol. The van der Waals surface area contributed by atoms with Crippen LogP contribution in [0.5, 0.6) is 0 Å². The van der Waals surface area contributed by atoms with Crippen molar-refractivity contribution in [1.29, 1.82) is 0 Å². The Labute approximate surface area is 171 Å². The molecule has 0 saturated carbocycles. The molecule has 1 N–H and O–H groups in total. The summed E-state index contributed by atoms with van der Waals surface area (Å²) in [6.45, 7) is 5.28. The summed E-state index contributed by atoms with van der Waals surface area (Å²) in [6, 6.07) is 11.3. The van der Waals surface area contributed by atoms with Crippen molar-refractivity contribution in [1.82, 2.24) is 50.1 Å². The van der Waals surface area contributed by atoms with Crippen LogP contribution < -0.4 is 0 Å². The molecule has 0 aliphatic carbocycles. The first kappa shape index (κ1) is 18.2. The molecule has 0 fully saturated rings. The van der Waals surface area contributed by atoms with Gasteiger partial charge in [0.15, 0.2) is 17.5 Å². The molecule has 0 spiro atoms. The lowest BCUT2D eigenvalue weighted by Crippen LogP contribution is -2.44. The number of H-pyrrole nitrogens is 1. The van der Waals surface area contributed by atoms with Crippen LogP contribution in [0.15, 0.2) is 42.7 Å². The highest BCUT2D eigenvalue weighted by molar-refractivity contribution is 5.93. The van der Waals surface area contributed by atoms with Gasteiger partial charge in [-0.3, -0.25) is 9.89 Å². The third-order valence-corrected chi connectivity index (χ3v) is 5.16. The summed E-state index contributed by atoms with van der Waals surface area (Å²) in [5.74, 6) is 1.94. The molecular formula is C19H20N10O. The maximum absolute atomic E-state index is 13.3. The number of rotatable bonds is 4. The predicted molar refractivity (Wildman–Crippen MR) is 105 cm³/mol. The smallest absolute Gasteiger partial charge is 0.272 e. The van der Waals surface area contributed by atoms with Crippen molar-refractivity contribution < 1.29 is 4.79 Å². The van der Waals surface area contributed by atoms with E-state index in [0.29, 0.717) is 30.4 Å². The van der Waals surface area contributed by atoms with Crippen molar-refractivity contribution in [2.45, 2.75) is 26.4 Å². The van der Waals surface area contributed by atoms with Crippen LogP contribution in [-0.4, -0.2) is 62.5 Å². The van der Waals surface area contributed by atoms with Gasteiger partial charge in [-0.1, -0.05) is 44.2 Å². The highest BCUT2D eigenvalue weighted by atomic mass is 16.2. The number of hydrogen-bond acceptors (Lipinski definition) is 7. The molecule has 1 aromatic carbocycles. The Kier molecular flexibility index (Phi) is 4.34. The quantitative estimate of drug-likeness (QED) is 0.547. The minimum absolute atomic E-state index is 0.143. The van der Waals surface area contributed by atoms with Crippen molar-refractivity contribution in [2.75, 3.05) is 6.54 Å². The van der Waals surface area contributed by atoms with Gasteiger partial charge in [0.1, 0.15) is 12.0 Å². The third-order valence-electron chi connectivity index (χ3n) is 5.16. The Morgan fingerprint density at radius 3 is 2.77 bits per heavy atom. The molecule has 0 unspecified atom stereocenters. The molecule has 3 aromatic heterocycles. The maximum atomic E-state index is 13.3. The first-order chi connectivity index (χ1) is 14.6. The molecule has 152 valence electrons. The Bertz CT molecular complexity index is 1160. The number of tetrazole rings is 1.